The lowest BCUT2D eigenvalue weighted by Gasteiger charge is -2.29. The van der Waals surface area contributed by atoms with Gasteiger partial charge in [0.25, 0.3) is 0 Å². The van der Waals surface area contributed by atoms with Crippen LogP contribution in [0, 0.1) is 5.92 Å². The number of piperidine rings is 1. The fourth-order valence-corrected chi connectivity index (χ4v) is 4.98. The van der Waals surface area contributed by atoms with Crippen molar-refractivity contribution in [3.8, 4) is 0 Å². The molecule has 3 unspecified atom stereocenters. The van der Waals surface area contributed by atoms with E-state index in [1.54, 1.807) is 0 Å². The maximum Gasteiger partial charge on any atom is 0.220 e. The highest BCUT2D eigenvalue weighted by atomic mass is 35.5. The van der Waals surface area contributed by atoms with Crippen LogP contribution < -0.4 is 10.6 Å². The minimum Gasteiger partial charge on any atom is -0.355 e. The van der Waals surface area contributed by atoms with Crippen LogP contribution in [0.3, 0.4) is 0 Å². The molecule has 1 amide bonds. The lowest BCUT2D eigenvalue weighted by atomic mass is 9.83. The SMILES string of the molecule is Cl.O=C(CC1CC2CCC(C1)N2)NCC1CCCc2ccccc21. The largest absolute Gasteiger partial charge is 0.355 e. The Morgan fingerprint density at radius 3 is 2.67 bits per heavy atom. The molecule has 4 heteroatoms. The fourth-order valence-electron chi connectivity index (χ4n) is 4.98. The van der Waals surface area contributed by atoms with Crippen molar-refractivity contribution in [2.24, 2.45) is 5.92 Å². The van der Waals surface area contributed by atoms with Gasteiger partial charge in [-0.15, -0.1) is 12.4 Å². The minimum atomic E-state index is 0. The zero-order valence-electron chi connectivity index (χ0n) is 14.3. The lowest BCUT2D eigenvalue weighted by Crippen LogP contribution is -2.40. The molecule has 24 heavy (non-hydrogen) atoms. The van der Waals surface area contributed by atoms with E-state index in [2.05, 4.69) is 34.9 Å². The molecule has 0 spiro atoms. The molecule has 2 aliphatic heterocycles. The van der Waals surface area contributed by atoms with Gasteiger partial charge in [-0.2, -0.15) is 0 Å². The van der Waals surface area contributed by atoms with Gasteiger partial charge in [0.05, 0.1) is 0 Å². The molecule has 2 heterocycles. The first-order valence-electron chi connectivity index (χ1n) is 9.38. The van der Waals surface area contributed by atoms with Crippen molar-refractivity contribution in [2.45, 2.75) is 69.4 Å². The third-order valence-corrected chi connectivity index (χ3v) is 6.08. The van der Waals surface area contributed by atoms with Gasteiger partial charge in [0, 0.05) is 31.0 Å². The molecule has 1 aromatic rings. The second-order valence-corrected chi connectivity index (χ2v) is 7.77. The van der Waals surface area contributed by atoms with Crippen LogP contribution >= 0.6 is 12.4 Å². The van der Waals surface area contributed by atoms with Gasteiger partial charge in [0.2, 0.25) is 5.91 Å². The summed E-state index contributed by atoms with van der Waals surface area (Å²) in [5.41, 5.74) is 2.94. The van der Waals surface area contributed by atoms with Crippen molar-refractivity contribution in [3.63, 3.8) is 0 Å². The van der Waals surface area contributed by atoms with Crippen LogP contribution in [0.15, 0.2) is 24.3 Å². The first-order chi connectivity index (χ1) is 11.3. The van der Waals surface area contributed by atoms with Crippen LogP contribution in [0.1, 0.15) is 62.0 Å². The van der Waals surface area contributed by atoms with Crippen LogP contribution in [0.2, 0.25) is 0 Å². The van der Waals surface area contributed by atoms with Crippen LogP contribution in [0.4, 0.5) is 0 Å². The summed E-state index contributed by atoms with van der Waals surface area (Å²) in [5.74, 6) is 1.36. The number of fused-ring (bicyclic) bond motifs is 3. The molecule has 1 aliphatic carbocycles. The van der Waals surface area contributed by atoms with Gasteiger partial charge >= 0.3 is 0 Å². The van der Waals surface area contributed by atoms with Crippen molar-refractivity contribution < 1.29 is 4.79 Å². The van der Waals surface area contributed by atoms with E-state index in [9.17, 15) is 4.79 Å². The summed E-state index contributed by atoms with van der Waals surface area (Å²) in [5, 5.41) is 6.89. The number of carbonyl (C=O) groups excluding carboxylic acids is 1. The molecule has 1 aromatic carbocycles. The molecule has 2 fully saturated rings. The van der Waals surface area contributed by atoms with Gasteiger partial charge in [-0.25, -0.2) is 0 Å². The van der Waals surface area contributed by atoms with Crippen LogP contribution in [-0.2, 0) is 11.2 Å². The average molecular weight is 349 g/mol. The highest BCUT2D eigenvalue weighted by molar-refractivity contribution is 5.85. The van der Waals surface area contributed by atoms with Crippen LogP contribution in [0.25, 0.3) is 0 Å². The molecule has 2 N–H and O–H groups in total. The number of carbonyl (C=O) groups is 1. The summed E-state index contributed by atoms with van der Waals surface area (Å²) in [4.78, 5) is 12.4. The van der Waals surface area contributed by atoms with Crippen molar-refractivity contribution in [3.05, 3.63) is 35.4 Å². The van der Waals surface area contributed by atoms with E-state index in [-0.39, 0.29) is 18.3 Å². The summed E-state index contributed by atoms with van der Waals surface area (Å²) in [6, 6.07) is 10.1. The summed E-state index contributed by atoms with van der Waals surface area (Å²) in [6.45, 7) is 0.813. The predicted molar refractivity (Wildman–Crippen MR) is 99.7 cm³/mol. The normalized spacial score (nSPS) is 31.0. The van der Waals surface area contributed by atoms with Gasteiger partial charge < -0.3 is 10.6 Å². The first kappa shape index (κ1) is 17.8. The second-order valence-electron chi connectivity index (χ2n) is 7.77. The first-order valence-corrected chi connectivity index (χ1v) is 9.38. The molecule has 0 saturated carbocycles. The van der Waals surface area contributed by atoms with E-state index >= 15 is 0 Å². The summed E-state index contributed by atoms with van der Waals surface area (Å²) < 4.78 is 0. The van der Waals surface area contributed by atoms with Gasteiger partial charge in [0.1, 0.15) is 0 Å². The molecule has 3 aliphatic rings. The Morgan fingerprint density at radius 1 is 1.12 bits per heavy atom. The van der Waals surface area contributed by atoms with E-state index in [1.807, 2.05) is 0 Å². The molecule has 4 rings (SSSR count). The van der Waals surface area contributed by atoms with E-state index in [0.29, 0.717) is 23.9 Å². The Morgan fingerprint density at radius 2 is 1.88 bits per heavy atom. The van der Waals surface area contributed by atoms with Crippen LogP contribution in [-0.4, -0.2) is 24.5 Å². The number of aryl methyl sites for hydroxylation is 1. The summed E-state index contributed by atoms with van der Waals surface area (Å²) in [7, 11) is 0. The van der Waals surface area contributed by atoms with E-state index < -0.39 is 0 Å². The lowest BCUT2D eigenvalue weighted by molar-refractivity contribution is -0.122. The van der Waals surface area contributed by atoms with E-state index in [0.717, 1.165) is 13.0 Å². The molecule has 3 nitrogen and oxygen atoms in total. The number of nitrogens with one attached hydrogen (secondary N) is 2. The van der Waals surface area contributed by atoms with E-state index in [1.165, 1.54) is 56.1 Å². The molecule has 0 aromatic heterocycles. The highest BCUT2D eigenvalue weighted by Gasteiger charge is 2.34. The van der Waals surface area contributed by atoms with Gasteiger partial charge in [-0.05, 0) is 62.0 Å². The number of amides is 1. The maximum atomic E-state index is 12.4. The zero-order chi connectivity index (χ0) is 15.6. The van der Waals surface area contributed by atoms with Crippen molar-refractivity contribution >= 4 is 18.3 Å². The molecular formula is C20H29ClN2O. The minimum absolute atomic E-state index is 0. The fraction of sp³-hybridized carbons (Fsp3) is 0.650. The predicted octanol–water partition coefficient (Wildman–Crippen LogP) is 3.57. The third kappa shape index (κ3) is 3.94. The Kier molecular flexibility index (Phi) is 5.83. The molecule has 0 radical (unpaired) electrons. The summed E-state index contributed by atoms with van der Waals surface area (Å²) >= 11 is 0. The number of hydrogen-bond acceptors (Lipinski definition) is 2. The highest BCUT2D eigenvalue weighted by Crippen LogP contribution is 2.33. The molecular weight excluding hydrogens is 320 g/mol. The second kappa shape index (κ2) is 7.88. The van der Waals surface area contributed by atoms with Gasteiger partial charge in [-0.1, -0.05) is 24.3 Å². The van der Waals surface area contributed by atoms with Crippen molar-refractivity contribution in [2.75, 3.05) is 6.54 Å². The van der Waals surface area contributed by atoms with E-state index in [4.69, 9.17) is 0 Å². The number of benzene rings is 1. The van der Waals surface area contributed by atoms with Crippen molar-refractivity contribution in [1.29, 1.82) is 0 Å². The maximum absolute atomic E-state index is 12.4. The standard InChI is InChI=1S/C20H28N2O.ClH/c23-20(12-14-10-17-8-9-18(11-14)22-17)21-13-16-6-3-5-15-4-1-2-7-19(15)16;/h1-2,4,7,14,16-18,22H,3,5-6,8-13H2,(H,21,23);1H. The summed E-state index contributed by atoms with van der Waals surface area (Å²) in [6.07, 6.45) is 9.36. The molecule has 3 atom stereocenters. The van der Waals surface area contributed by atoms with Gasteiger partial charge in [-0.3, -0.25) is 4.79 Å². The Labute approximate surface area is 151 Å². The van der Waals surface area contributed by atoms with Crippen molar-refractivity contribution in [1.82, 2.24) is 10.6 Å². The molecule has 132 valence electrons. The monoisotopic (exact) mass is 348 g/mol. The number of halogens is 1. The number of rotatable bonds is 4. The Hall–Kier alpha value is -1.06. The topological polar surface area (TPSA) is 41.1 Å². The van der Waals surface area contributed by atoms with Crippen LogP contribution in [0.5, 0.6) is 0 Å². The molecule has 2 saturated heterocycles. The van der Waals surface area contributed by atoms with Gasteiger partial charge in [0.15, 0.2) is 0 Å². The number of hydrogen-bond donors (Lipinski definition) is 2. The Bertz CT molecular complexity index is 565. The molecule has 2 bridgehead atoms. The third-order valence-electron chi connectivity index (χ3n) is 6.08. The average Bonchev–Trinajstić information content (AvgIpc) is 2.91. The smallest absolute Gasteiger partial charge is 0.220 e. The quantitative estimate of drug-likeness (QED) is 0.873. The Balaban J connectivity index is 0.00000169. The zero-order valence-corrected chi connectivity index (χ0v) is 15.1.